The number of carbonyl (C=O) groups excluding carboxylic acids is 2. The van der Waals surface area contributed by atoms with Crippen LogP contribution >= 0.6 is 11.8 Å². The second-order valence-electron chi connectivity index (χ2n) is 4.50. The Balaban J connectivity index is 2.26. The summed E-state index contributed by atoms with van der Waals surface area (Å²) in [5.41, 5.74) is 0.645. The molecule has 1 aromatic carbocycles. The van der Waals surface area contributed by atoms with Gasteiger partial charge in [-0.25, -0.2) is 0 Å². The van der Waals surface area contributed by atoms with Crippen molar-refractivity contribution in [1.82, 2.24) is 4.90 Å². The zero-order valence-electron chi connectivity index (χ0n) is 12.6. The fourth-order valence-corrected chi connectivity index (χ4v) is 2.81. The molecule has 122 valence electrons. The first-order chi connectivity index (χ1) is 11.0. The summed E-state index contributed by atoms with van der Waals surface area (Å²) >= 11 is 0.710. The topological polar surface area (TPSA) is 93.1 Å². The molecule has 0 saturated carbocycles. The van der Waals surface area contributed by atoms with Crippen LogP contribution < -0.4 is 9.47 Å². The van der Waals surface area contributed by atoms with Gasteiger partial charge >= 0.3 is 5.97 Å². The van der Waals surface area contributed by atoms with E-state index in [1.165, 1.54) is 13.2 Å². The molecule has 1 fully saturated rings. The van der Waals surface area contributed by atoms with E-state index in [2.05, 4.69) is 0 Å². The van der Waals surface area contributed by atoms with Gasteiger partial charge in [0, 0.05) is 0 Å². The van der Waals surface area contributed by atoms with Crippen LogP contribution in [0.25, 0.3) is 6.08 Å². The fourth-order valence-electron chi connectivity index (χ4n) is 1.97. The highest BCUT2D eigenvalue weighted by molar-refractivity contribution is 8.18. The molecule has 1 aromatic rings. The number of ether oxygens (including phenoxy) is 2. The Morgan fingerprint density at radius 2 is 2.09 bits per heavy atom. The van der Waals surface area contributed by atoms with Crippen LogP contribution in [0.15, 0.2) is 23.1 Å². The van der Waals surface area contributed by atoms with E-state index in [0.717, 1.165) is 0 Å². The molecule has 0 aliphatic carbocycles. The molecule has 2 amide bonds. The molecular formula is C15H15NO6S. The summed E-state index contributed by atoms with van der Waals surface area (Å²) in [7, 11) is 1.50. The van der Waals surface area contributed by atoms with Crippen LogP contribution in [0, 0.1) is 0 Å². The molecule has 1 aliphatic heterocycles. The molecule has 0 bridgehead atoms. The standard InChI is InChI=1S/C15H15NO6S/c1-3-22-10-5-4-9(6-11(10)21-2)7-12-14(19)16(8-13(17)18)15(20)23-12/h4-7H,3,8H2,1-2H3,(H,17,18)/b12-7+. The minimum absolute atomic E-state index is 0.169. The maximum atomic E-state index is 12.1. The van der Waals surface area contributed by atoms with Gasteiger partial charge in [0.2, 0.25) is 0 Å². The average molecular weight is 337 g/mol. The van der Waals surface area contributed by atoms with Crippen LogP contribution in [-0.4, -0.2) is 47.4 Å². The number of carbonyl (C=O) groups is 3. The summed E-state index contributed by atoms with van der Waals surface area (Å²) < 4.78 is 10.6. The van der Waals surface area contributed by atoms with Crippen LogP contribution in [0.5, 0.6) is 11.5 Å². The van der Waals surface area contributed by atoms with E-state index in [1.807, 2.05) is 6.92 Å². The molecule has 0 spiro atoms. The molecule has 0 unspecified atom stereocenters. The van der Waals surface area contributed by atoms with Gasteiger partial charge in [-0.15, -0.1) is 0 Å². The summed E-state index contributed by atoms with van der Waals surface area (Å²) in [5, 5.41) is 8.13. The molecular weight excluding hydrogens is 322 g/mol. The predicted octanol–water partition coefficient (Wildman–Crippen LogP) is 2.21. The lowest BCUT2D eigenvalue weighted by Gasteiger charge is -2.10. The van der Waals surface area contributed by atoms with E-state index in [-0.39, 0.29) is 4.91 Å². The highest BCUT2D eigenvalue weighted by Crippen LogP contribution is 2.34. The minimum Gasteiger partial charge on any atom is -0.493 e. The van der Waals surface area contributed by atoms with Crippen molar-refractivity contribution in [3.63, 3.8) is 0 Å². The third-order valence-electron chi connectivity index (χ3n) is 2.95. The van der Waals surface area contributed by atoms with Gasteiger partial charge in [0.05, 0.1) is 18.6 Å². The Hall–Kier alpha value is -2.48. The monoisotopic (exact) mass is 337 g/mol. The lowest BCUT2D eigenvalue weighted by atomic mass is 10.2. The number of rotatable bonds is 6. The molecule has 1 saturated heterocycles. The number of aliphatic carboxylic acids is 1. The molecule has 1 aliphatic rings. The smallest absolute Gasteiger partial charge is 0.323 e. The number of hydrogen-bond acceptors (Lipinski definition) is 6. The van der Waals surface area contributed by atoms with Crippen molar-refractivity contribution in [2.45, 2.75) is 6.92 Å². The Morgan fingerprint density at radius 1 is 1.35 bits per heavy atom. The Morgan fingerprint density at radius 3 is 2.70 bits per heavy atom. The van der Waals surface area contributed by atoms with Gasteiger partial charge in [0.1, 0.15) is 6.54 Å². The zero-order valence-corrected chi connectivity index (χ0v) is 13.4. The number of nitrogens with zero attached hydrogens (tertiary/aromatic N) is 1. The molecule has 0 aromatic heterocycles. The first-order valence-electron chi connectivity index (χ1n) is 6.74. The lowest BCUT2D eigenvalue weighted by Crippen LogP contribution is -2.33. The average Bonchev–Trinajstić information content (AvgIpc) is 2.76. The van der Waals surface area contributed by atoms with Gasteiger partial charge in [0.25, 0.3) is 11.1 Å². The van der Waals surface area contributed by atoms with E-state index < -0.39 is 23.7 Å². The first kappa shape index (κ1) is 16.9. The zero-order chi connectivity index (χ0) is 17.0. The van der Waals surface area contributed by atoms with Crippen molar-refractivity contribution in [1.29, 1.82) is 0 Å². The van der Waals surface area contributed by atoms with Crippen molar-refractivity contribution in [2.24, 2.45) is 0 Å². The summed E-state index contributed by atoms with van der Waals surface area (Å²) in [4.78, 5) is 35.3. The maximum absolute atomic E-state index is 12.1. The third kappa shape index (κ3) is 3.84. The molecule has 7 nitrogen and oxygen atoms in total. The van der Waals surface area contributed by atoms with E-state index in [9.17, 15) is 14.4 Å². The largest absolute Gasteiger partial charge is 0.493 e. The molecule has 23 heavy (non-hydrogen) atoms. The number of amides is 2. The van der Waals surface area contributed by atoms with E-state index in [0.29, 0.717) is 40.3 Å². The van der Waals surface area contributed by atoms with E-state index in [1.54, 1.807) is 18.2 Å². The molecule has 2 rings (SSSR count). The SMILES string of the molecule is CCOc1ccc(/C=C2/SC(=O)N(CC(=O)O)C2=O)cc1OC. The van der Waals surface area contributed by atoms with Crippen LogP contribution in [0.3, 0.4) is 0 Å². The molecule has 1 N–H and O–H groups in total. The first-order valence-corrected chi connectivity index (χ1v) is 7.56. The van der Waals surface area contributed by atoms with Crippen molar-refractivity contribution in [3.8, 4) is 11.5 Å². The van der Waals surface area contributed by atoms with Gasteiger partial charge < -0.3 is 14.6 Å². The number of imide groups is 1. The highest BCUT2D eigenvalue weighted by Gasteiger charge is 2.36. The van der Waals surface area contributed by atoms with Gasteiger partial charge in [-0.3, -0.25) is 19.3 Å². The highest BCUT2D eigenvalue weighted by atomic mass is 32.2. The Bertz CT molecular complexity index is 685. The summed E-state index contributed by atoms with van der Waals surface area (Å²) in [5.74, 6) is -0.775. The Kier molecular flexibility index (Phi) is 5.28. The summed E-state index contributed by atoms with van der Waals surface area (Å²) in [6.45, 7) is 1.70. The number of hydrogen-bond donors (Lipinski definition) is 1. The van der Waals surface area contributed by atoms with Crippen molar-refractivity contribution >= 4 is 35.0 Å². The van der Waals surface area contributed by atoms with E-state index >= 15 is 0 Å². The van der Waals surface area contributed by atoms with Crippen molar-refractivity contribution in [2.75, 3.05) is 20.3 Å². The second kappa shape index (κ2) is 7.19. The van der Waals surface area contributed by atoms with Crippen molar-refractivity contribution in [3.05, 3.63) is 28.7 Å². The fraction of sp³-hybridized carbons (Fsp3) is 0.267. The van der Waals surface area contributed by atoms with Crippen LogP contribution in [0.4, 0.5) is 4.79 Å². The van der Waals surface area contributed by atoms with Gasteiger partial charge in [-0.05, 0) is 42.5 Å². The number of benzene rings is 1. The molecule has 0 atom stereocenters. The molecule has 8 heteroatoms. The number of carboxylic acid groups (broad SMARTS) is 1. The number of thioether (sulfide) groups is 1. The van der Waals surface area contributed by atoms with Gasteiger partial charge in [0.15, 0.2) is 11.5 Å². The Labute approximate surface area is 136 Å². The summed E-state index contributed by atoms with van der Waals surface area (Å²) in [6.07, 6.45) is 1.52. The maximum Gasteiger partial charge on any atom is 0.323 e. The quantitative estimate of drug-likeness (QED) is 0.795. The normalized spacial score (nSPS) is 16.1. The van der Waals surface area contributed by atoms with E-state index in [4.69, 9.17) is 14.6 Å². The number of carboxylic acids is 1. The summed E-state index contributed by atoms with van der Waals surface area (Å²) in [6, 6.07) is 5.10. The lowest BCUT2D eigenvalue weighted by molar-refractivity contribution is -0.140. The third-order valence-corrected chi connectivity index (χ3v) is 3.86. The van der Waals surface area contributed by atoms with Crippen molar-refractivity contribution < 1.29 is 29.0 Å². The predicted molar refractivity (Wildman–Crippen MR) is 84.5 cm³/mol. The van der Waals surface area contributed by atoms with Gasteiger partial charge in [-0.1, -0.05) is 6.07 Å². The van der Waals surface area contributed by atoms with Crippen LogP contribution in [0.2, 0.25) is 0 Å². The molecule has 1 heterocycles. The van der Waals surface area contributed by atoms with Crippen LogP contribution in [-0.2, 0) is 9.59 Å². The van der Waals surface area contributed by atoms with Crippen LogP contribution in [0.1, 0.15) is 12.5 Å². The molecule has 0 radical (unpaired) electrons. The second-order valence-corrected chi connectivity index (χ2v) is 5.50. The minimum atomic E-state index is -1.24. The number of methoxy groups -OCH3 is 1. The van der Waals surface area contributed by atoms with Gasteiger partial charge in [-0.2, -0.15) is 0 Å².